The van der Waals surface area contributed by atoms with Gasteiger partial charge in [0.2, 0.25) is 0 Å². The highest BCUT2D eigenvalue weighted by Crippen LogP contribution is 2.35. The maximum Gasteiger partial charge on any atom is 0.429 e. The van der Waals surface area contributed by atoms with E-state index in [4.69, 9.17) is 25.7 Å². The van der Waals surface area contributed by atoms with E-state index in [1.165, 1.54) is 48.5 Å². The van der Waals surface area contributed by atoms with Crippen molar-refractivity contribution >= 4 is 29.4 Å². The average molecular weight is 641 g/mol. The smallest absolute Gasteiger partial charge is 0.429 e. The van der Waals surface area contributed by atoms with Crippen LogP contribution < -0.4 is 20.9 Å². The summed E-state index contributed by atoms with van der Waals surface area (Å²) in [4.78, 5) is 24.0. The van der Waals surface area contributed by atoms with Gasteiger partial charge in [-0.2, -0.15) is 22.0 Å². The molecule has 3 rings (SSSR count). The van der Waals surface area contributed by atoms with Crippen LogP contribution in [0, 0.1) is 5.82 Å². The predicted octanol–water partition coefficient (Wildman–Crippen LogP) is 7.03. The Morgan fingerprint density at radius 3 is 2.00 bits per heavy atom. The first kappa shape index (κ1) is 34.6. The van der Waals surface area contributed by atoms with E-state index in [2.05, 4.69) is 4.74 Å². The van der Waals surface area contributed by atoms with Crippen molar-refractivity contribution in [2.75, 3.05) is 31.3 Å². The van der Waals surface area contributed by atoms with Crippen molar-refractivity contribution in [3.63, 3.8) is 0 Å². The molecule has 3 aromatic carbocycles. The van der Waals surface area contributed by atoms with Gasteiger partial charge in [0.1, 0.15) is 22.9 Å². The van der Waals surface area contributed by atoms with Crippen LogP contribution in [0.25, 0.3) is 6.08 Å². The summed E-state index contributed by atoms with van der Waals surface area (Å²) >= 11 is 0. The van der Waals surface area contributed by atoms with Crippen LogP contribution in [0.15, 0.2) is 66.7 Å². The number of hydrogen-bond acceptors (Lipinski definition) is 8. The molecule has 14 heteroatoms. The van der Waals surface area contributed by atoms with Crippen molar-refractivity contribution in [3.8, 4) is 11.5 Å². The van der Waals surface area contributed by atoms with E-state index in [0.29, 0.717) is 35.8 Å². The highest BCUT2D eigenvalue weighted by Gasteiger charge is 2.38. The molecule has 0 aromatic heterocycles. The molecule has 0 atom stereocenters. The maximum atomic E-state index is 14.6. The number of nitrogens with two attached hydrogens (primary N) is 2. The number of ether oxygens (including phenoxy) is 4. The Hall–Kier alpha value is -4.88. The lowest BCUT2D eigenvalue weighted by Crippen LogP contribution is -2.23. The molecule has 0 saturated heterocycles. The molecule has 0 heterocycles. The minimum Gasteiger partial charge on any atom is -0.493 e. The summed E-state index contributed by atoms with van der Waals surface area (Å²) in [6.45, 7) is -0.212. The first-order chi connectivity index (χ1) is 21.2. The fraction of sp³-hybridized carbons (Fsp3) is 0.290. The molecular formula is C31H30F6N2O6. The number of halogens is 6. The van der Waals surface area contributed by atoms with Crippen LogP contribution in [-0.2, 0) is 20.4 Å². The van der Waals surface area contributed by atoms with E-state index in [0.717, 1.165) is 18.2 Å². The number of anilines is 2. The molecule has 0 amide bonds. The Balaban J connectivity index is 1.39. The number of alkyl halides is 5. The number of esters is 2. The summed E-state index contributed by atoms with van der Waals surface area (Å²) in [6, 6.07) is 11.9. The van der Waals surface area contributed by atoms with E-state index in [-0.39, 0.29) is 43.3 Å². The molecule has 0 spiro atoms. The van der Waals surface area contributed by atoms with Crippen molar-refractivity contribution in [3.05, 3.63) is 89.2 Å². The van der Waals surface area contributed by atoms with Crippen LogP contribution >= 0.6 is 0 Å². The van der Waals surface area contributed by atoms with E-state index < -0.39 is 42.0 Å². The van der Waals surface area contributed by atoms with Crippen molar-refractivity contribution in [2.24, 2.45) is 0 Å². The lowest BCUT2D eigenvalue weighted by atomic mass is 10.1. The molecule has 0 aliphatic carbocycles. The monoisotopic (exact) mass is 640 g/mol. The van der Waals surface area contributed by atoms with Gasteiger partial charge in [0, 0.05) is 29.9 Å². The first-order valence-corrected chi connectivity index (χ1v) is 13.6. The molecule has 0 unspecified atom stereocenters. The predicted molar refractivity (Wildman–Crippen MR) is 153 cm³/mol. The van der Waals surface area contributed by atoms with Gasteiger partial charge in [-0.3, -0.25) is 0 Å². The summed E-state index contributed by atoms with van der Waals surface area (Å²) in [6.07, 6.45) is -6.54. The third kappa shape index (κ3) is 12.0. The lowest BCUT2D eigenvalue weighted by molar-refractivity contribution is -0.187. The Morgan fingerprint density at radius 1 is 0.756 bits per heavy atom. The number of carbonyl (C=O) groups excluding carboxylic acids is 2. The van der Waals surface area contributed by atoms with E-state index >= 15 is 0 Å². The molecule has 4 N–H and O–H groups in total. The lowest BCUT2D eigenvalue weighted by Gasteiger charge is -2.19. The second kappa shape index (κ2) is 15.7. The number of nitrogen functional groups attached to an aromatic ring is 2. The van der Waals surface area contributed by atoms with Gasteiger partial charge in [-0.05, 0) is 73.4 Å². The fourth-order valence-corrected chi connectivity index (χ4v) is 3.77. The molecule has 0 fully saturated rings. The Labute approximate surface area is 254 Å². The number of carbonyl (C=O) groups is 2. The molecule has 0 aliphatic heterocycles. The molecule has 45 heavy (non-hydrogen) atoms. The summed E-state index contributed by atoms with van der Waals surface area (Å²) < 4.78 is 100. The van der Waals surface area contributed by atoms with Crippen LogP contribution in [0.4, 0.5) is 37.7 Å². The van der Waals surface area contributed by atoms with Crippen LogP contribution in [0.2, 0.25) is 0 Å². The van der Waals surface area contributed by atoms with Crippen LogP contribution in [0.3, 0.4) is 0 Å². The number of hydrogen-bond donors (Lipinski definition) is 2. The van der Waals surface area contributed by atoms with Gasteiger partial charge >= 0.3 is 24.2 Å². The number of unbranched alkanes of at least 4 members (excludes halogenated alkanes) is 1. The molecule has 242 valence electrons. The van der Waals surface area contributed by atoms with Gasteiger partial charge < -0.3 is 30.4 Å². The van der Waals surface area contributed by atoms with Crippen LogP contribution in [0.1, 0.15) is 47.2 Å². The second-order valence-electron chi connectivity index (χ2n) is 9.63. The fourth-order valence-electron chi connectivity index (χ4n) is 3.77. The van der Waals surface area contributed by atoms with Crippen molar-refractivity contribution in [2.45, 2.75) is 38.0 Å². The largest absolute Gasteiger partial charge is 0.493 e. The van der Waals surface area contributed by atoms with Gasteiger partial charge in [0.25, 0.3) is 0 Å². The average Bonchev–Trinajstić information content (AvgIpc) is 2.95. The van der Waals surface area contributed by atoms with Gasteiger partial charge in [-0.15, -0.1) is 0 Å². The normalized spacial score (nSPS) is 11.8. The molecule has 3 aromatic rings. The second-order valence-corrected chi connectivity index (χ2v) is 9.63. The minimum atomic E-state index is -4.36. The molecule has 0 aliphatic rings. The Morgan fingerprint density at radius 2 is 1.38 bits per heavy atom. The van der Waals surface area contributed by atoms with Gasteiger partial charge in [0.05, 0.1) is 25.4 Å². The zero-order chi connectivity index (χ0) is 33.0. The van der Waals surface area contributed by atoms with E-state index in [1.54, 1.807) is 0 Å². The van der Waals surface area contributed by atoms with Crippen molar-refractivity contribution < 1.29 is 54.9 Å². The van der Waals surface area contributed by atoms with Gasteiger partial charge in [0.15, 0.2) is 0 Å². The Bertz CT molecular complexity index is 1460. The maximum absolute atomic E-state index is 14.6. The summed E-state index contributed by atoms with van der Waals surface area (Å²) in [5.41, 5.74) is 11.6. The molecule has 0 radical (unpaired) electrons. The summed E-state index contributed by atoms with van der Waals surface area (Å²) in [5, 5.41) is 0. The highest BCUT2D eigenvalue weighted by molar-refractivity contribution is 5.91. The Kier molecular flexibility index (Phi) is 12.1. The van der Waals surface area contributed by atoms with E-state index in [9.17, 15) is 35.9 Å². The molecular weight excluding hydrogens is 610 g/mol. The van der Waals surface area contributed by atoms with Gasteiger partial charge in [-0.25, -0.2) is 14.0 Å². The number of rotatable bonds is 15. The molecule has 0 bridgehead atoms. The standard InChI is InChI=1S/C31H30F6N2O6/c32-27-19-25(42-15-3-12-30(33,34)35)9-10-26(27)31(36,37)45-24-7-4-20(5-8-24)6-11-28(40)43-13-1-2-14-44-29(41)21-16-22(38)18-23(39)17-21/h4-11,16-19H,1-3,12-15,38-39H2/b11-6+. The van der Waals surface area contributed by atoms with Crippen LogP contribution in [0.5, 0.6) is 11.5 Å². The quantitative estimate of drug-likeness (QED) is 0.0597. The van der Waals surface area contributed by atoms with E-state index in [1.807, 2.05) is 0 Å². The minimum absolute atomic E-state index is 0.0650. The number of benzene rings is 3. The summed E-state index contributed by atoms with van der Waals surface area (Å²) in [7, 11) is 0. The SMILES string of the molecule is Nc1cc(N)cc(C(=O)OCCCCOC(=O)/C=C/c2ccc(OC(F)(F)c3ccc(OCCCC(F)(F)F)cc3F)cc2)c1. The first-order valence-electron chi connectivity index (χ1n) is 13.6. The summed E-state index contributed by atoms with van der Waals surface area (Å²) in [5.74, 6) is -3.10. The zero-order valence-electron chi connectivity index (χ0n) is 23.7. The topological polar surface area (TPSA) is 123 Å². The highest BCUT2D eigenvalue weighted by atomic mass is 19.4. The molecule has 8 nitrogen and oxygen atoms in total. The third-order valence-corrected chi connectivity index (χ3v) is 5.89. The molecule has 0 saturated carbocycles. The zero-order valence-corrected chi connectivity index (χ0v) is 23.7. The third-order valence-electron chi connectivity index (χ3n) is 5.89. The van der Waals surface area contributed by atoms with Crippen molar-refractivity contribution in [1.82, 2.24) is 0 Å². The van der Waals surface area contributed by atoms with Crippen LogP contribution in [-0.4, -0.2) is 37.9 Å². The van der Waals surface area contributed by atoms with Crippen molar-refractivity contribution in [1.29, 1.82) is 0 Å². The van der Waals surface area contributed by atoms with Gasteiger partial charge in [-0.1, -0.05) is 12.1 Å².